The zero-order valence-corrected chi connectivity index (χ0v) is 13.5. The molecule has 0 heterocycles. The largest absolute Gasteiger partial charge is 0.478 e. The molecule has 0 aromatic rings. The van der Waals surface area contributed by atoms with Crippen molar-refractivity contribution in [1.82, 2.24) is 5.32 Å². The van der Waals surface area contributed by atoms with Crippen molar-refractivity contribution in [2.45, 2.75) is 66.8 Å². The predicted octanol–water partition coefficient (Wildman–Crippen LogP) is 3.13. The van der Waals surface area contributed by atoms with Gasteiger partial charge in [-0.1, -0.05) is 27.7 Å². The van der Waals surface area contributed by atoms with Gasteiger partial charge in [-0.05, 0) is 43.9 Å². The highest BCUT2D eigenvalue weighted by molar-refractivity contribution is 6.01. The molecule has 0 bridgehead atoms. The molecule has 4 heteroatoms. The van der Waals surface area contributed by atoms with Crippen LogP contribution >= 0.6 is 0 Å². The first kappa shape index (κ1) is 16.7. The molecule has 0 spiro atoms. The lowest BCUT2D eigenvalue weighted by atomic mass is 9.63. The number of carboxylic acid groups (broad SMARTS) is 1. The molecule has 2 N–H and O–H groups in total. The average Bonchev–Trinajstić information content (AvgIpc) is 2.22. The first-order chi connectivity index (χ1) is 8.93. The number of carboxylic acids is 1. The molecule has 1 saturated carbocycles. The summed E-state index contributed by atoms with van der Waals surface area (Å²) in [6.07, 6.45) is 3.00. The number of rotatable bonds is 3. The van der Waals surface area contributed by atoms with Crippen LogP contribution in [0.3, 0.4) is 0 Å². The van der Waals surface area contributed by atoms with E-state index in [2.05, 4.69) is 33.0 Å². The van der Waals surface area contributed by atoms with Gasteiger partial charge in [-0.15, -0.1) is 0 Å². The lowest BCUT2D eigenvalue weighted by molar-refractivity contribution is -0.133. The molecule has 1 aliphatic carbocycles. The highest BCUT2D eigenvalue weighted by Gasteiger charge is 2.39. The third-order valence-corrected chi connectivity index (χ3v) is 4.11. The van der Waals surface area contributed by atoms with Crippen LogP contribution in [0.1, 0.15) is 60.8 Å². The van der Waals surface area contributed by atoms with Gasteiger partial charge < -0.3 is 10.4 Å². The molecule has 1 aliphatic rings. The maximum absolute atomic E-state index is 12.1. The molecule has 0 aromatic carbocycles. The smallest absolute Gasteiger partial charge is 0.331 e. The fraction of sp³-hybridized carbons (Fsp3) is 0.750. The summed E-state index contributed by atoms with van der Waals surface area (Å²) < 4.78 is 0. The van der Waals surface area contributed by atoms with Gasteiger partial charge in [0.1, 0.15) is 0 Å². The van der Waals surface area contributed by atoms with Gasteiger partial charge >= 0.3 is 5.97 Å². The summed E-state index contributed by atoms with van der Waals surface area (Å²) in [5, 5.41) is 11.9. The van der Waals surface area contributed by atoms with Gasteiger partial charge in [0.25, 0.3) is 0 Å². The average molecular weight is 281 g/mol. The van der Waals surface area contributed by atoms with Crippen molar-refractivity contribution >= 4 is 11.9 Å². The van der Waals surface area contributed by atoms with Crippen LogP contribution in [0, 0.1) is 10.8 Å². The Morgan fingerprint density at radius 2 is 1.45 bits per heavy atom. The molecule has 1 amide bonds. The molecule has 0 atom stereocenters. The van der Waals surface area contributed by atoms with Crippen molar-refractivity contribution in [3.05, 3.63) is 11.1 Å². The Morgan fingerprint density at radius 1 is 1.00 bits per heavy atom. The second-order valence-corrected chi connectivity index (χ2v) is 7.64. The molecular weight excluding hydrogens is 254 g/mol. The van der Waals surface area contributed by atoms with Crippen molar-refractivity contribution in [3.8, 4) is 0 Å². The number of aliphatic carboxylic acids is 1. The second-order valence-electron chi connectivity index (χ2n) is 7.64. The van der Waals surface area contributed by atoms with Gasteiger partial charge in [0.2, 0.25) is 5.91 Å². The maximum Gasteiger partial charge on any atom is 0.331 e. The van der Waals surface area contributed by atoms with Crippen molar-refractivity contribution in [3.63, 3.8) is 0 Å². The number of carbonyl (C=O) groups is 2. The lowest BCUT2D eigenvalue weighted by Gasteiger charge is -2.45. The highest BCUT2D eigenvalue weighted by Crippen LogP contribution is 2.45. The third-order valence-electron chi connectivity index (χ3n) is 4.11. The van der Waals surface area contributed by atoms with Crippen LogP contribution in [-0.4, -0.2) is 23.0 Å². The Balaban J connectivity index is 2.81. The van der Waals surface area contributed by atoms with Gasteiger partial charge in [-0.3, -0.25) is 4.79 Å². The quantitative estimate of drug-likeness (QED) is 0.781. The summed E-state index contributed by atoms with van der Waals surface area (Å²) in [5.74, 6) is -1.30. The summed E-state index contributed by atoms with van der Waals surface area (Å²) in [5.41, 5.74) is 0.786. The number of nitrogens with one attached hydrogen (secondary N) is 1. The molecule has 20 heavy (non-hydrogen) atoms. The predicted molar refractivity (Wildman–Crippen MR) is 79.4 cm³/mol. The van der Waals surface area contributed by atoms with Gasteiger partial charge in [0, 0.05) is 17.2 Å². The Morgan fingerprint density at radius 3 is 1.85 bits per heavy atom. The van der Waals surface area contributed by atoms with E-state index < -0.39 is 5.97 Å². The summed E-state index contributed by atoms with van der Waals surface area (Å²) >= 11 is 0. The SMILES string of the molecule is CC(C(=O)O)=C(C)C(=O)NC1CC(C)(C)CC(C)(C)C1. The van der Waals surface area contributed by atoms with E-state index in [0.29, 0.717) is 5.57 Å². The number of carbonyl (C=O) groups excluding carboxylic acids is 1. The molecule has 1 rings (SSSR count). The molecule has 0 aliphatic heterocycles. The van der Waals surface area contributed by atoms with Crippen LogP contribution in [-0.2, 0) is 9.59 Å². The van der Waals surface area contributed by atoms with E-state index in [0.717, 1.165) is 19.3 Å². The minimum Gasteiger partial charge on any atom is -0.478 e. The lowest BCUT2D eigenvalue weighted by Crippen LogP contribution is -2.46. The molecule has 1 fully saturated rings. The standard InChI is InChI=1S/C16H27NO3/c1-10(11(2)14(19)20)13(18)17-12-7-15(3,4)9-16(5,6)8-12/h12H,7-9H2,1-6H3,(H,17,18)(H,19,20). The van der Waals surface area contributed by atoms with Crippen LogP contribution in [0.25, 0.3) is 0 Å². The molecule has 114 valence electrons. The Kier molecular flexibility index (Phi) is 4.67. The monoisotopic (exact) mass is 281 g/mol. The van der Waals surface area contributed by atoms with Crippen molar-refractivity contribution in [1.29, 1.82) is 0 Å². The van der Waals surface area contributed by atoms with E-state index in [9.17, 15) is 9.59 Å². The fourth-order valence-corrected chi connectivity index (χ4v) is 3.57. The van der Waals surface area contributed by atoms with E-state index in [4.69, 9.17) is 5.11 Å². The molecule has 0 saturated heterocycles. The normalized spacial score (nSPS) is 22.9. The van der Waals surface area contributed by atoms with E-state index in [1.54, 1.807) is 6.92 Å². The summed E-state index contributed by atoms with van der Waals surface area (Å²) in [6, 6.07) is 0.109. The summed E-state index contributed by atoms with van der Waals surface area (Å²) in [4.78, 5) is 23.1. The first-order valence-electron chi connectivity index (χ1n) is 7.15. The van der Waals surface area contributed by atoms with E-state index in [-0.39, 0.29) is 28.4 Å². The van der Waals surface area contributed by atoms with Crippen LogP contribution in [0.15, 0.2) is 11.1 Å². The number of hydrogen-bond acceptors (Lipinski definition) is 2. The topological polar surface area (TPSA) is 66.4 Å². The van der Waals surface area contributed by atoms with Gasteiger partial charge in [0.05, 0.1) is 0 Å². The Bertz CT molecular complexity index is 431. The Labute approximate surface area is 121 Å². The number of hydrogen-bond donors (Lipinski definition) is 2. The molecule has 4 nitrogen and oxygen atoms in total. The highest BCUT2D eigenvalue weighted by atomic mass is 16.4. The van der Waals surface area contributed by atoms with Crippen molar-refractivity contribution < 1.29 is 14.7 Å². The summed E-state index contributed by atoms with van der Waals surface area (Å²) in [6.45, 7) is 11.9. The minimum absolute atomic E-state index is 0.108. The number of amides is 1. The van der Waals surface area contributed by atoms with Crippen LogP contribution < -0.4 is 5.32 Å². The van der Waals surface area contributed by atoms with Crippen molar-refractivity contribution in [2.24, 2.45) is 10.8 Å². The first-order valence-corrected chi connectivity index (χ1v) is 7.15. The van der Waals surface area contributed by atoms with Gasteiger partial charge in [-0.25, -0.2) is 4.79 Å². The zero-order valence-electron chi connectivity index (χ0n) is 13.5. The van der Waals surface area contributed by atoms with Gasteiger partial charge in [-0.2, -0.15) is 0 Å². The third kappa shape index (κ3) is 4.36. The van der Waals surface area contributed by atoms with Gasteiger partial charge in [0.15, 0.2) is 0 Å². The van der Waals surface area contributed by atoms with E-state index in [1.165, 1.54) is 6.92 Å². The molecule has 0 unspecified atom stereocenters. The minimum atomic E-state index is -1.04. The second kappa shape index (κ2) is 5.58. The van der Waals surface area contributed by atoms with Crippen molar-refractivity contribution in [2.75, 3.05) is 0 Å². The van der Waals surface area contributed by atoms with Crippen LogP contribution in [0.4, 0.5) is 0 Å². The fourth-order valence-electron chi connectivity index (χ4n) is 3.57. The van der Waals surface area contributed by atoms with E-state index >= 15 is 0 Å². The summed E-state index contributed by atoms with van der Waals surface area (Å²) in [7, 11) is 0. The molecule has 0 aromatic heterocycles. The van der Waals surface area contributed by atoms with Crippen LogP contribution in [0.5, 0.6) is 0 Å². The molecular formula is C16H27NO3. The maximum atomic E-state index is 12.1. The molecule has 0 radical (unpaired) electrons. The zero-order chi connectivity index (χ0) is 15.7. The van der Waals surface area contributed by atoms with Crippen LogP contribution in [0.2, 0.25) is 0 Å². The van der Waals surface area contributed by atoms with E-state index in [1.807, 2.05) is 0 Å². The Hall–Kier alpha value is -1.32.